The lowest BCUT2D eigenvalue weighted by Gasteiger charge is -2.19. The second-order valence-electron chi connectivity index (χ2n) is 5.93. The van der Waals surface area contributed by atoms with E-state index in [1.807, 2.05) is 31.2 Å². The fraction of sp³-hybridized carbons (Fsp3) is 0.316. The fourth-order valence-electron chi connectivity index (χ4n) is 2.55. The molecule has 0 saturated carbocycles. The number of nitrogens with one attached hydrogen (secondary N) is 1. The highest BCUT2D eigenvalue weighted by Crippen LogP contribution is 2.23. The normalized spacial score (nSPS) is 10.3. The molecule has 138 valence electrons. The molecule has 26 heavy (non-hydrogen) atoms. The quantitative estimate of drug-likeness (QED) is 0.444. The van der Waals surface area contributed by atoms with Crippen molar-refractivity contribution < 1.29 is 14.5 Å². The topological polar surface area (TPSA) is 84.7 Å². The molecule has 0 bridgehead atoms. The van der Waals surface area contributed by atoms with Crippen LogP contribution in [0, 0.1) is 17.0 Å². The van der Waals surface area contributed by atoms with E-state index in [2.05, 4.69) is 5.32 Å². The molecule has 0 radical (unpaired) electrons. The number of aryl methyl sites for hydroxylation is 1. The van der Waals surface area contributed by atoms with Crippen molar-refractivity contribution in [3.8, 4) is 5.75 Å². The van der Waals surface area contributed by atoms with Crippen LogP contribution in [0.2, 0.25) is 0 Å². The number of amides is 1. The predicted molar refractivity (Wildman–Crippen MR) is 101 cm³/mol. The summed E-state index contributed by atoms with van der Waals surface area (Å²) in [6, 6.07) is 12.0. The molecule has 2 aromatic carbocycles. The highest BCUT2D eigenvalue weighted by Gasteiger charge is 2.19. The van der Waals surface area contributed by atoms with Crippen LogP contribution in [0.4, 0.5) is 11.4 Å². The van der Waals surface area contributed by atoms with Gasteiger partial charge in [-0.2, -0.15) is 0 Å². The first-order chi connectivity index (χ1) is 12.4. The van der Waals surface area contributed by atoms with Crippen LogP contribution in [0.3, 0.4) is 0 Å². The molecular formula is C19H23N3O4. The standard InChI is InChI=1S/C19H23N3O4/c1-14-7-4-5-8-18(14)26-12-6-11-21(3)19(23)16-13-15(22(24)25)9-10-17(16)20-2/h4-5,7-10,13,20H,6,11-12H2,1-3H3. The van der Waals surface area contributed by atoms with Crippen LogP contribution in [-0.2, 0) is 0 Å². The number of non-ortho nitro benzene ring substituents is 1. The Hall–Kier alpha value is -3.09. The molecule has 0 aliphatic rings. The maximum atomic E-state index is 12.6. The lowest BCUT2D eigenvalue weighted by molar-refractivity contribution is -0.384. The minimum absolute atomic E-state index is 0.108. The maximum absolute atomic E-state index is 12.6. The predicted octanol–water partition coefficient (Wildman–Crippen LogP) is 3.49. The maximum Gasteiger partial charge on any atom is 0.270 e. The van der Waals surface area contributed by atoms with Gasteiger partial charge >= 0.3 is 0 Å². The van der Waals surface area contributed by atoms with Crippen LogP contribution in [0.25, 0.3) is 0 Å². The van der Waals surface area contributed by atoms with E-state index in [4.69, 9.17) is 4.74 Å². The third-order valence-corrected chi connectivity index (χ3v) is 4.05. The summed E-state index contributed by atoms with van der Waals surface area (Å²) in [6.45, 7) is 2.94. The number of carbonyl (C=O) groups is 1. The van der Waals surface area contributed by atoms with Gasteiger partial charge in [-0.25, -0.2) is 0 Å². The number of hydrogen-bond donors (Lipinski definition) is 1. The van der Waals surface area contributed by atoms with Gasteiger partial charge in [0.2, 0.25) is 0 Å². The highest BCUT2D eigenvalue weighted by molar-refractivity contribution is 6.00. The van der Waals surface area contributed by atoms with Crippen LogP contribution < -0.4 is 10.1 Å². The summed E-state index contributed by atoms with van der Waals surface area (Å²) in [5.41, 5.74) is 1.79. The Kier molecular flexibility index (Phi) is 6.54. The number of para-hydroxylation sites is 1. The van der Waals surface area contributed by atoms with Crippen molar-refractivity contribution in [2.45, 2.75) is 13.3 Å². The molecule has 7 nitrogen and oxygen atoms in total. The molecule has 0 unspecified atom stereocenters. The molecular weight excluding hydrogens is 334 g/mol. The molecule has 2 rings (SSSR count). The second-order valence-corrected chi connectivity index (χ2v) is 5.93. The third kappa shape index (κ3) is 4.72. The number of hydrogen-bond acceptors (Lipinski definition) is 5. The van der Waals surface area contributed by atoms with Crippen molar-refractivity contribution >= 4 is 17.3 Å². The minimum atomic E-state index is -0.508. The summed E-state index contributed by atoms with van der Waals surface area (Å²) >= 11 is 0. The van der Waals surface area contributed by atoms with Crippen molar-refractivity contribution in [1.29, 1.82) is 0 Å². The summed E-state index contributed by atoms with van der Waals surface area (Å²) in [4.78, 5) is 24.6. The number of benzene rings is 2. The molecule has 0 aliphatic heterocycles. The van der Waals surface area contributed by atoms with Gasteiger partial charge in [0, 0.05) is 38.5 Å². The van der Waals surface area contributed by atoms with Crippen LogP contribution in [0.15, 0.2) is 42.5 Å². The van der Waals surface area contributed by atoms with Gasteiger partial charge in [0.05, 0.1) is 17.1 Å². The lowest BCUT2D eigenvalue weighted by atomic mass is 10.1. The summed E-state index contributed by atoms with van der Waals surface area (Å²) < 4.78 is 5.73. The van der Waals surface area contributed by atoms with Crippen LogP contribution in [0.5, 0.6) is 5.75 Å². The zero-order valence-electron chi connectivity index (χ0n) is 15.2. The van der Waals surface area contributed by atoms with E-state index in [-0.39, 0.29) is 17.2 Å². The summed E-state index contributed by atoms with van der Waals surface area (Å²) in [5.74, 6) is 0.562. The zero-order valence-corrected chi connectivity index (χ0v) is 15.2. The molecule has 0 fully saturated rings. The number of carbonyl (C=O) groups excluding carboxylic acids is 1. The van der Waals surface area contributed by atoms with E-state index in [1.54, 1.807) is 25.1 Å². The number of anilines is 1. The average Bonchev–Trinajstić information content (AvgIpc) is 2.65. The Balaban J connectivity index is 1.96. The molecule has 0 atom stereocenters. The monoisotopic (exact) mass is 357 g/mol. The van der Waals surface area contributed by atoms with Crippen molar-refractivity contribution in [2.75, 3.05) is 32.6 Å². The van der Waals surface area contributed by atoms with Gasteiger partial charge in [0.15, 0.2) is 0 Å². The third-order valence-electron chi connectivity index (χ3n) is 4.05. The Morgan fingerprint density at radius 3 is 2.65 bits per heavy atom. The first-order valence-electron chi connectivity index (χ1n) is 8.34. The Morgan fingerprint density at radius 1 is 1.27 bits per heavy atom. The van der Waals surface area contributed by atoms with Gasteiger partial charge in [-0.1, -0.05) is 18.2 Å². The van der Waals surface area contributed by atoms with Crippen molar-refractivity contribution in [1.82, 2.24) is 4.90 Å². The summed E-state index contributed by atoms with van der Waals surface area (Å²) in [7, 11) is 3.35. The minimum Gasteiger partial charge on any atom is -0.493 e. The van der Waals surface area contributed by atoms with Gasteiger partial charge < -0.3 is 15.0 Å². The first kappa shape index (κ1) is 19.2. The number of nitrogens with zero attached hydrogens (tertiary/aromatic N) is 2. The number of nitro benzene ring substituents is 1. The molecule has 0 spiro atoms. The smallest absolute Gasteiger partial charge is 0.270 e. The zero-order chi connectivity index (χ0) is 19.1. The molecule has 0 aromatic heterocycles. The SMILES string of the molecule is CNc1ccc([N+](=O)[O-])cc1C(=O)N(C)CCCOc1ccccc1C. The molecule has 7 heteroatoms. The molecule has 0 saturated heterocycles. The lowest BCUT2D eigenvalue weighted by Crippen LogP contribution is -2.29. The average molecular weight is 357 g/mol. The van der Waals surface area contributed by atoms with Gasteiger partial charge in [-0.15, -0.1) is 0 Å². The van der Waals surface area contributed by atoms with Crippen molar-refractivity contribution in [3.63, 3.8) is 0 Å². The molecule has 2 aromatic rings. The second kappa shape index (κ2) is 8.84. The molecule has 1 N–H and O–H groups in total. The van der Waals surface area contributed by atoms with E-state index in [0.717, 1.165) is 11.3 Å². The Labute approximate surface area is 152 Å². The van der Waals surface area contributed by atoms with E-state index in [9.17, 15) is 14.9 Å². The van der Waals surface area contributed by atoms with E-state index >= 15 is 0 Å². The van der Waals surface area contributed by atoms with Gasteiger partial charge in [-0.3, -0.25) is 14.9 Å². The number of nitro groups is 1. The van der Waals surface area contributed by atoms with Crippen molar-refractivity contribution in [2.24, 2.45) is 0 Å². The summed E-state index contributed by atoms with van der Waals surface area (Å²) in [5, 5.41) is 13.9. The van der Waals surface area contributed by atoms with Gasteiger partial charge in [0.1, 0.15) is 5.75 Å². The Bertz CT molecular complexity index is 792. The fourth-order valence-corrected chi connectivity index (χ4v) is 2.55. The van der Waals surface area contributed by atoms with Gasteiger partial charge in [0.25, 0.3) is 11.6 Å². The largest absolute Gasteiger partial charge is 0.493 e. The van der Waals surface area contributed by atoms with Gasteiger partial charge in [-0.05, 0) is 31.0 Å². The first-order valence-corrected chi connectivity index (χ1v) is 8.34. The van der Waals surface area contributed by atoms with E-state index in [1.165, 1.54) is 12.1 Å². The summed E-state index contributed by atoms with van der Waals surface area (Å²) in [6.07, 6.45) is 0.653. The van der Waals surface area contributed by atoms with E-state index < -0.39 is 4.92 Å². The number of rotatable bonds is 8. The highest BCUT2D eigenvalue weighted by atomic mass is 16.6. The Morgan fingerprint density at radius 2 is 2.00 bits per heavy atom. The van der Waals surface area contributed by atoms with Crippen LogP contribution in [-0.4, -0.2) is 43.0 Å². The van der Waals surface area contributed by atoms with Crippen LogP contribution >= 0.6 is 0 Å². The van der Waals surface area contributed by atoms with E-state index in [0.29, 0.717) is 25.3 Å². The molecule has 0 heterocycles. The van der Waals surface area contributed by atoms with Crippen LogP contribution in [0.1, 0.15) is 22.3 Å². The molecule has 1 amide bonds. The van der Waals surface area contributed by atoms with Crippen molar-refractivity contribution in [3.05, 3.63) is 63.7 Å². The molecule has 0 aliphatic carbocycles. The number of ether oxygens (including phenoxy) is 1.